The molecule has 2 aliphatic rings. The van der Waals surface area contributed by atoms with Crippen molar-refractivity contribution in [3.63, 3.8) is 0 Å². The first-order valence-electron chi connectivity index (χ1n) is 7.80. The molecule has 0 saturated carbocycles. The number of fused-ring (bicyclic) bond motifs is 1. The van der Waals surface area contributed by atoms with E-state index in [2.05, 4.69) is 21.2 Å². The van der Waals surface area contributed by atoms with Gasteiger partial charge in [0.1, 0.15) is 0 Å². The van der Waals surface area contributed by atoms with Gasteiger partial charge in [-0.2, -0.15) is 0 Å². The van der Waals surface area contributed by atoms with E-state index in [1.807, 2.05) is 16.7 Å². The third kappa shape index (κ3) is 5.29. The molecule has 4 N–H and O–H groups in total. The Morgan fingerprint density at radius 2 is 2.15 bits per heavy atom. The van der Waals surface area contributed by atoms with Crippen molar-refractivity contribution in [1.29, 1.82) is 0 Å². The van der Waals surface area contributed by atoms with Gasteiger partial charge in [0.15, 0.2) is 0 Å². The number of halogens is 1. The number of nitrogens with zero attached hydrogens (tertiary/aromatic N) is 1. The maximum Gasteiger partial charge on any atom is 0.226 e. The van der Waals surface area contributed by atoms with E-state index in [4.69, 9.17) is 8.19 Å². The van der Waals surface area contributed by atoms with E-state index in [1.165, 1.54) is 25.5 Å². The minimum atomic E-state index is -5.15. The van der Waals surface area contributed by atoms with Gasteiger partial charge in [-0.25, -0.2) is 0 Å². The van der Waals surface area contributed by atoms with Crippen molar-refractivity contribution < 1.29 is 26.6 Å². The molecular weight excluding hydrogens is 491 g/mol. The van der Waals surface area contributed by atoms with E-state index >= 15 is 0 Å². The van der Waals surface area contributed by atoms with Gasteiger partial charge in [-0.15, -0.1) is 11.8 Å². The SMILES string of the molecule is CC(=O)Nc1cccc([As](=O)(O)O)c1O.O=C1C[C@H]2SC(CCBr)CN12. The van der Waals surface area contributed by atoms with E-state index in [9.17, 15) is 18.4 Å². The van der Waals surface area contributed by atoms with E-state index in [-0.39, 0.29) is 5.69 Å². The second kappa shape index (κ2) is 8.84. The molecule has 0 aromatic heterocycles. The quantitative estimate of drug-likeness (QED) is 0.199. The van der Waals surface area contributed by atoms with Crippen molar-refractivity contribution in [2.45, 2.75) is 30.4 Å². The predicted octanol–water partition coefficient (Wildman–Crippen LogP) is 0.357. The molecule has 0 radical (unpaired) electrons. The van der Waals surface area contributed by atoms with Crippen LogP contribution in [0.25, 0.3) is 0 Å². The fraction of sp³-hybridized carbons (Fsp3) is 0.467. The summed E-state index contributed by atoms with van der Waals surface area (Å²) in [6.07, 6.45) is 1.97. The van der Waals surface area contributed by atoms with E-state index < -0.39 is 30.2 Å². The summed E-state index contributed by atoms with van der Waals surface area (Å²) in [6.45, 7) is 2.22. The number of alkyl halides is 1. The Bertz CT molecular complexity index is 743. The summed E-state index contributed by atoms with van der Waals surface area (Å²) in [5.74, 6) is -0.666. The first-order valence-corrected chi connectivity index (χ1v) is 13.2. The maximum atomic E-state index is 11.0. The van der Waals surface area contributed by atoms with Crippen molar-refractivity contribution in [2.75, 3.05) is 17.2 Å². The number of hydrogen-bond acceptors (Lipinski definition) is 5. The van der Waals surface area contributed by atoms with Gasteiger partial charge in [-0.1, -0.05) is 15.9 Å². The second-order valence-corrected chi connectivity index (χ2v) is 11.4. The van der Waals surface area contributed by atoms with Crippen molar-refractivity contribution in [1.82, 2.24) is 4.90 Å². The average molecular weight is 511 g/mol. The van der Waals surface area contributed by atoms with Gasteiger partial charge in [0.25, 0.3) is 0 Å². The summed E-state index contributed by atoms with van der Waals surface area (Å²) in [7, 11) is 0. The first kappa shape index (κ1) is 21.4. The average Bonchev–Trinajstić information content (AvgIpc) is 2.85. The number of β-lactam (4-membered cyclic amide) rings is 1. The van der Waals surface area contributed by atoms with Gasteiger partial charge >= 0.3 is 88.1 Å². The number of anilines is 1. The standard InChI is InChI=1S/C8H10AsNO5.C7H10BrNOS/c1-5(11)10-7-4-2-3-6(8(7)12)9(13,14)15;8-2-1-5-4-9-6(10)3-7(9)11-5/h2-4,12H,1H3,(H,10,11)(H2,13,14,15);5,7H,1-4H2/t;5?,7-/m.1/s1. The van der Waals surface area contributed by atoms with E-state index in [0.29, 0.717) is 16.5 Å². The fourth-order valence-corrected chi connectivity index (χ4v) is 6.40. The summed E-state index contributed by atoms with van der Waals surface area (Å²) in [5.41, 5.74) is -0.00951. The molecule has 1 unspecified atom stereocenters. The van der Waals surface area contributed by atoms with Crippen LogP contribution in [0.4, 0.5) is 5.69 Å². The molecular formula is C15H20AsBrN2O6S. The number of phenols is 1. The smallest absolute Gasteiger partial charge is 0.226 e. The molecule has 2 amide bonds. The maximum absolute atomic E-state index is 11.0. The molecule has 8 nitrogen and oxygen atoms in total. The molecule has 2 fully saturated rings. The molecule has 2 saturated heterocycles. The number of para-hydroxylation sites is 1. The van der Waals surface area contributed by atoms with Crippen LogP contribution in [0.15, 0.2) is 18.2 Å². The Hall–Kier alpha value is -0.932. The molecule has 2 heterocycles. The summed E-state index contributed by atoms with van der Waals surface area (Å²) in [6, 6.07) is 3.83. The molecule has 2 aliphatic heterocycles. The number of amides is 2. The number of carbonyl (C=O) groups excluding carboxylic acids is 2. The van der Waals surface area contributed by atoms with Crippen molar-refractivity contribution in [3.05, 3.63) is 18.2 Å². The minimum absolute atomic E-state index is 0.00951. The molecule has 144 valence electrons. The molecule has 1 aromatic rings. The van der Waals surface area contributed by atoms with Crippen LogP contribution < -0.4 is 9.67 Å². The van der Waals surface area contributed by atoms with Gasteiger partial charge in [-0.05, 0) is 6.42 Å². The van der Waals surface area contributed by atoms with Crippen molar-refractivity contribution in [2.24, 2.45) is 0 Å². The van der Waals surface area contributed by atoms with Gasteiger partial charge < -0.3 is 4.90 Å². The summed E-state index contributed by atoms with van der Waals surface area (Å²) >= 11 is 0.233. The molecule has 0 spiro atoms. The third-order valence-corrected chi connectivity index (χ3v) is 7.87. The summed E-state index contributed by atoms with van der Waals surface area (Å²) in [5, 5.41) is 14.0. The summed E-state index contributed by atoms with van der Waals surface area (Å²) in [4.78, 5) is 23.7. The predicted molar refractivity (Wildman–Crippen MR) is 103 cm³/mol. The van der Waals surface area contributed by atoms with Gasteiger partial charge in [0.2, 0.25) is 5.91 Å². The monoisotopic (exact) mass is 510 g/mol. The van der Waals surface area contributed by atoms with Crippen LogP contribution in [0.1, 0.15) is 19.8 Å². The number of aromatic hydroxyl groups is 1. The molecule has 2 atom stereocenters. The largest absolute Gasteiger partial charge is 0.329 e. The van der Waals surface area contributed by atoms with Crippen LogP contribution in [-0.2, 0) is 13.3 Å². The van der Waals surface area contributed by atoms with Crippen LogP contribution >= 0.6 is 27.7 Å². The topological polar surface area (TPSA) is 127 Å². The zero-order chi connectivity index (χ0) is 19.5. The Labute approximate surface area is 166 Å². The van der Waals surface area contributed by atoms with E-state index in [1.54, 1.807) is 0 Å². The molecule has 11 heteroatoms. The van der Waals surface area contributed by atoms with Crippen LogP contribution in [0, 0.1) is 0 Å². The zero-order valence-electron chi connectivity index (χ0n) is 14.0. The number of phenolic OH excluding ortho intramolecular Hbond substituents is 1. The van der Waals surface area contributed by atoms with Crippen LogP contribution in [-0.4, -0.2) is 66.7 Å². The number of rotatable bonds is 4. The number of hydrogen-bond donors (Lipinski definition) is 4. The van der Waals surface area contributed by atoms with Crippen LogP contribution in [0.2, 0.25) is 0 Å². The number of nitrogens with one attached hydrogen (secondary N) is 1. The Morgan fingerprint density at radius 1 is 1.46 bits per heavy atom. The van der Waals surface area contributed by atoms with Crippen molar-refractivity contribution >= 4 is 63.7 Å². The number of benzene rings is 1. The fourth-order valence-electron chi connectivity index (χ4n) is 2.59. The van der Waals surface area contributed by atoms with Gasteiger partial charge in [-0.3, -0.25) is 4.79 Å². The Kier molecular flexibility index (Phi) is 7.26. The first-order chi connectivity index (χ1) is 12.1. The van der Waals surface area contributed by atoms with Gasteiger partial charge in [0, 0.05) is 17.1 Å². The second-order valence-electron chi connectivity index (χ2n) is 5.84. The third-order valence-electron chi connectivity index (χ3n) is 3.84. The minimum Gasteiger partial charge on any atom is -0.329 e. The van der Waals surface area contributed by atoms with Crippen molar-refractivity contribution in [3.8, 4) is 5.75 Å². The Balaban J connectivity index is 0.000000195. The number of carbonyl (C=O) groups is 2. The molecule has 0 aliphatic carbocycles. The normalized spacial score (nSPS) is 21.4. The summed E-state index contributed by atoms with van der Waals surface area (Å²) < 4.78 is 28.4. The van der Waals surface area contributed by atoms with E-state index in [0.717, 1.165) is 24.4 Å². The Morgan fingerprint density at radius 3 is 2.65 bits per heavy atom. The zero-order valence-corrected chi connectivity index (χ0v) is 18.2. The van der Waals surface area contributed by atoms with Gasteiger partial charge in [0.05, 0.1) is 11.8 Å². The molecule has 26 heavy (non-hydrogen) atoms. The molecule has 3 rings (SSSR count). The van der Waals surface area contributed by atoms with Crippen LogP contribution in [0.3, 0.4) is 0 Å². The van der Waals surface area contributed by atoms with Crippen LogP contribution in [0.5, 0.6) is 5.75 Å². The molecule has 1 aromatic carbocycles. The number of thioether (sulfide) groups is 1. The molecule has 0 bridgehead atoms.